The lowest BCUT2D eigenvalue weighted by atomic mass is 10.1. The van der Waals surface area contributed by atoms with Gasteiger partial charge in [-0.25, -0.2) is 8.42 Å². The number of rotatable bonds is 3. The van der Waals surface area contributed by atoms with E-state index in [9.17, 15) is 8.42 Å². The normalized spacial score (nSPS) is 11.3. The molecule has 0 aliphatic rings. The maximum Gasteiger partial charge on any atom is 0.264 e. The van der Waals surface area contributed by atoms with Crippen molar-refractivity contribution in [2.45, 2.75) is 18.7 Å². The fraction of sp³-hybridized carbons (Fsp3) is 0.154. The van der Waals surface area contributed by atoms with Crippen LogP contribution in [0.25, 0.3) is 0 Å². The summed E-state index contributed by atoms with van der Waals surface area (Å²) in [6.07, 6.45) is 3.03. The number of nitrogens with two attached hydrogens (primary N) is 1. The maximum absolute atomic E-state index is 12.5. The van der Waals surface area contributed by atoms with Crippen LogP contribution in [0.1, 0.15) is 11.1 Å². The van der Waals surface area contributed by atoms with Crippen molar-refractivity contribution in [3.63, 3.8) is 0 Å². The summed E-state index contributed by atoms with van der Waals surface area (Å²) in [6.45, 7) is 3.49. The molecule has 20 heavy (non-hydrogen) atoms. The molecule has 0 amide bonds. The van der Waals surface area contributed by atoms with Crippen LogP contribution in [0.2, 0.25) is 0 Å². The van der Waals surface area contributed by atoms with E-state index >= 15 is 0 Å². The SMILES string of the molecule is Cc1ccc(C)c(S(=O)(=O)Nc2ccncc2Br)c1N. The van der Waals surface area contributed by atoms with Crippen molar-refractivity contribution in [1.29, 1.82) is 0 Å². The van der Waals surface area contributed by atoms with Gasteiger partial charge in [-0.3, -0.25) is 9.71 Å². The van der Waals surface area contributed by atoms with Crippen LogP contribution in [0.15, 0.2) is 40.0 Å². The molecule has 0 saturated carbocycles. The molecule has 0 fully saturated rings. The summed E-state index contributed by atoms with van der Waals surface area (Å²) in [5, 5.41) is 0. The van der Waals surface area contributed by atoms with Crippen LogP contribution in [0.3, 0.4) is 0 Å². The Labute approximate surface area is 126 Å². The number of aryl methyl sites for hydroxylation is 2. The van der Waals surface area contributed by atoms with E-state index < -0.39 is 10.0 Å². The van der Waals surface area contributed by atoms with Crippen LogP contribution in [0, 0.1) is 13.8 Å². The van der Waals surface area contributed by atoms with Crippen LogP contribution < -0.4 is 10.5 Å². The molecule has 1 heterocycles. The fourth-order valence-electron chi connectivity index (χ4n) is 1.82. The molecule has 1 aromatic carbocycles. The number of hydrogen-bond acceptors (Lipinski definition) is 4. The summed E-state index contributed by atoms with van der Waals surface area (Å²) < 4.78 is 28.1. The van der Waals surface area contributed by atoms with Crippen molar-refractivity contribution < 1.29 is 8.42 Å². The molecule has 2 rings (SSSR count). The van der Waals surface area contributed by atoms with Gasteiger partial charge in [0.15, 0.2) is 0 Å². The van der Waals surface area contributed by atoms with Crippen LogP contribution in [0.4, 0.5) is 11.4 Å². The number of nitrogens with one attached hydrogen (secondary N) is 1. The number of anilines is 2. The second-order valence-corrected chi connectivity index (χ2v) is 6.88. The first-order valence-electron chi connectivity index (χ1n) is 5.81. The largest absolute Gasteiger partial charge is 0.397 e. The molecule has 0 aliphatic heterocycles. The zero-order valence-electron chi connectivity index (χ0n) is 11.0. The smallest absolute Gasteiger partial charge is 0.264 e. The molecule has 2 aromatic rings. The lowest BCUT2D eigenvalue weighted by Crippen LogP contribution is -2.17. The van der Waals surface area contributed by atoms with E-state index in [-0.39, 0.29) is 10.6 Å². The van der Waals surface area contributed by atoms with E-state index in [0.29, 0.717) is 15.7 Å². The molecule has 0 saturated heterocycles. The second-order valence-electron chi connectivity index (χ2n) is 4.40. The first-order valence-corrected chi connectivity index (χ1v) is 8.08. The van der Waals surface area contributed by atoms with Crippen molar-refractivity contribution >= 4 is 37.3 Å². The van der Waals surface area contributed by atoms with Gasteiger partial charge in [0, 0.05) is 12.4 Å². The van der Waals surface area contributed by atoms with Crippen LogP contribution >= 0.6 is 15.9 Å². The number of halogens is 1. The van der Waals surface area contributed by atoms with Gasteiger partial charge in [-0.15, -0.1) is 0 Å². The summed E-state index contributed by atoms with van der Waals surface area (Å²) in [4.78, 5) is 4.00. The highest BCUT2D eigenvalue weighted by atomic mass is 79.9. The van der Waals surface area contributed by atoms with Crippen molar-refractivity contribution in [2.75, 3.05) is 10.5 Å². The number of nitrogen functional groups attached to an aromatic ring is 1. The molecule has 0 radical (unpaired) electrons. The molecule has 0 unspecified atom stereocenters. The van der Waals surface area contributed by atoms with E-state index in [4.69, 9.17) is 5.73 Å². The molecule has 0 aliphatic carbocycles. The van der Waals surface area contributed by atoms with E-state index in [0.717, 1.165) is 5.56 Å². The van der Waals surface area contributed by atoms with Gasteiger partial charge in [0.25, 0.3) is 10.0 Å². The lowest BCUT2D eigenvalue weighted by molar-refractivity contribution is 0.601. The predicted octanol–water partition coefficient (Wildman–Crippen LogP) is 2.84. The van der Waals surface area contributed by atoms with Gasteiger partial charge in [0.2, 0.25) is 0 Å². The molecule has 106 valence electrons. The Bertz CT molecular complexity index is 760. The minimum atomic E-state index is -3.75. The number of pyridine rings is 1. The molecule has 5 nitrogen and oxygen atoms in total. The molecule has 0 spiro atoms. The van der Waals surface area contributed by atoms with Crippen LogP contribution in [-0.4, -0.2) is 13.4 Å². The van der Waals surface area contributed by atoms with Crippen molar-refractivity contribution in [1.82, 2.24) is 4.98 Å². The quantitative estimate of drug-likeness (QED) is 0.829. The molecular weight excluding hydrogens is 342 g/mol. The summed E-state index contributed by atoms with van der Waals surface area (Å²) in [5.74, 6) is 0. The van der Waals surface area contributed by atoms with Crippen molar-refractivity contribution in [3.8, 4) is 0 Å². The first kappa shape index (κ1) is 14.8. The topological polar surface area (TPSA) is 85.1 Å². The summed E-state index contributed by atoms with van der Waals surface area (Å²) in [6, 6.07) is 5.11. The highest BCUT2D eigenvalue weighted by Gasteiger charge is 2.22. The number of aromatic nitrogens is 1. The van der Waals surface area contributed by atoms with Crippen LogP contribution in [-0.2, 0) is 10.0 Å². The van der Waals surface area contributed by atoms with Gasteiger partial charge in [-0.1, -0.05) is 12.1 Å². The Morgan fingerprint density at radius 1 is 1.20 bits per heavy atom. The molecule has 3 N–H and O–H groups in total. The Balaban J connectivity index is 2.52. The third-order valence-electron chi connectivity index (χ3n) is 2.90. The van der Waals surface area contributed by atoms with Crippen LogP contribution in [0.5, 0.6) is 0 Å². The standard InChI is InChI=1S/C13H14BrN3O2S/c1-8-3-4-9(2)13(12(8)15)20(18,19)17-11-5-6-16-7-10(11)14/h3-7H,15H2,1-2H3,(H,16,17). The first-order chi connectivity index (χ1) is 9.33. The zero-order valence-corrected chi connectivity index (χ0v) is 13.4. The molecule has 0 bridgehead atoms. The third-order valence-corrected chi connectivity index (χ3v) is 5.10. The lowest BCUT2D eigenvalue weighted by Gasteiger charge is -2.14. The Kier molecular flexibility index (Phi) is 4.01. The fourth-order valence-corrected chi connectivity index (χ4v) is 3.81. The number of benzene rings is 1. The molecule has 1 aromatic heterocycles. The molecule has 7 heteroatoms. The minimum absolute atomic E-state index is 0.112. The van der Waals surface area contributed by atoms with Crippen molar-refractivity contribution in [3.05, 3.63) is 46.2 Å². The third kappa shape index (κ3) is 2.78. The molecule has 0 atom stereocenters. The van der Waals surface area contributed by atoms with E-state index in [2.05, 4.69) is 25.6 Å². The second kappa shape index (κ2) is 5.41. The highest BCUT2D eigenvalue weighted by Crippen LogP contribution is 2.29. The highest BCUT2D eigenvalue weighted by molar-refractivity contribution is 9.10. The van der Waals surface area contributed by atoms with Gasteiger partial charge in [0.1, 0.15) is 4.90 Å². The predicted molar refractivity (Wildman–Crippen MR) is 83.1 cm³/mol. The average Bonchev–Trinajstić information content (AvgIpc) is 2.37. The average molecular weight is 356 g/mol. The Morgan fingerprint density at radius 3 is 2.50 bits per heavy atom. The van der Waals surface area contributed by atoms with Crippen molar-refractivity contribution in [2.24, 2.45) is 0 Å². The van der Waals surface area contributed by atoms with E-state index in [1.807, 2.05) is 0 Å². The monoisotopic (exact) mass is 355 g/mol. The summed E-state index contributed by atoms with van der Waals surface area (Å²) >= 11 is 3.25. The summed E-state index contributed by atoms with van der Waals surface area (Å²) in [7, 11) is -3.75. The minimum Gasteiger partial charge on any atom is -0.397 e. The van der Waals surface area contributed by atoms with Gasteiger partial charge in [-0.2, -0.15) is 0 Å². The van der Waals surface area contributed by atoms with Gasteiger partial charge in [-0.05, 0) is 47.0 Å². The number of hydrogen-bond donors (Lipinski definition) is 2. The Morgan fingerprint density at radius 2 is 1.85 bits per heavy atom. The van der Waals surface area contributed by atoms with Gasteiger partial charge < -0.3 is 5.73 Å². The van der Waals surface area contributed by atoms with Gasteiger partial charge >= 0.3 is 0 Å². The van der Waals surface area contributed by atoms with Gasteiger partial charge in [0.05, 0.1) is 15.8 Å². The Hall–Kier alpha value is -1.60. The number of sulfonamides is 1. The number of nitrogens with zero attached hydrogens (tertiary/aromatic N) is 1. The molecular formula is C13H14BrN3O2S. The summed E-state index contributed by atoms with van der Waals surface area (Å²) in [5.41, 5.74) is 7.93. The van der Waals surface area contributed by atoms with E-state index in [1.54, 1.807) is 32.0 Å². The van der Waals surface area contributed by atoms with E-state index in [1.165, 1.54) is 12.4 Å². The zero-order chi connectivity index (χ0) is 14.9. The maximum atomic E-state index is 12.5.